The molecule has 0 saturated carbocycles. The number of hydrogen-bond acceptors (Lipinski definition) is 6. The molecular formula is C23H31N3O5S. The molecule has 0 spiro atoms. The van der Waals surface area contributed by atoms with Gasteiger partial charge in [-0.1, -0.05) is 29.8 Å². The summed E-state index contributed by atoms with van der Waals surface area (Å²) in [4.78, 5) is 14.5. The molecule has 1 amide bonds. The molecule has 1 saturated heterocycles. The van der Waals surface area contributed by atoms with Gasteiger partial charge in [0.25, 0.3) is 0 Å². The van der Waals surface area contributed by atoms with Crippen LogP contribution in [0.4, 0.5) is 0 Å². The molecule has 0 unspecified atom stereocenters. The Kier molecular flexibility index (Phi) is 8.11. The summed E-state index contributed by atoms with van der Waals surface area (Å²) in [5.41, 5.74) is 1.89. The summed E-state index contributed by atoms with van der Waals surface area (Å²) in [7, 11) is -1.06. The minimum Gasteiger partial charge on any atom is -0.497 e. The average Bonchev–Trinajstić information content (AvgIpc) is 2.81. The number of sulfonamides is 1. The van der Waals surface area contributed by atoms with Crippen LogP contribution in [0.15, 0.2) is 47.4 Å². The smallest absolute Gasteiger partial charge is 0.247 e. The van der Waals surface area contributed by atoms with E-state index in [1.807, 2.05) is 31.2 Å². The summed E-state index contributed by atoms with van der Waals surface area (Å²) in [6.45, 7) is 4.94. The van der Waals surface area contributed by atoms with Crippen LogP contribution in [0.3, 0.4) is 0 Å². The highest BCUT2D eigenvalue weighted by Gasteiger charge is 2.30. The van der Waals surface area contributed by atoms with Gasteiger partial charge in [-0.3, -0.25) is 4.79 Å². The van der Waals surface area contributed by atoms with E-state index >= 15 is 0 Å². The van der Waals surface area contributed by atoms with Crippen LogP contribution in [0.1, 0.15) is 17.5 Å². The number of hydrogen-bond donors (Lipinski definition) is 1. The molecule has 1 aliphatic heterocycles. The van der Waals surface area contributed by atoms with E-state index in [4.69, 9.17) is 9.47 Å². The second-order valence-corrected chi connectivity index (χ2v) is 9.63. The van der Waals surface area contributed by atoms with Gasteiger partial charge in [0.15, 0.2) is 0 Å². The molecule has 0 radical (unpaired) electrons. The van der Waals surface area contributed by atoms with E-state index in [9.17, 15) is 13.2 Å². The first-order valence-corrected chi connectivity index (χ1v) is 12.1. The lowest BCUT2D eigenvalue weighted by molar-refractivity contribution is -0.131. The molecule has 2 aromatic carbocycles. The van der Waals surface area contributed by atoms with Crippen LogP contribution in [0, 0.1) is 6.92 Å². The number of nitrogens with zero attached hydrogens (tertiary/aromatic N) is 2. The number of methoxy groups -OCH3 is 2. The van der Waals surface area contributed by atoms with Crippen LogP contribution >= 0.6 is 0 Å². The van der Waals surface area contributed by atoms with Crippen molar-refractivity contribution < 1.29 is 22.7 Å². The third kappa shape index (κ3) is 5.79. The first-order valence-electron chi connectivity index (χ1n) is 10.6. The maximum Gasteiger partial charge on any atom is 0.247 e. The molecule has 0 aliphatic carbocycles. The van der Waals surface area contributed by atoms with Gasteiger partial charge in [-0.05, 0) is 24.6 Å². The quantitative estimate of drug-likeness (QED) is 0.615. The Morgan fingerprint density at radius 2 is 1.84 bits per heavy atom. The normalized spacial score (nSPS) is 14.4. The predicted octanol–water partition coefficient (Wildman–Crippen LogP) is 2.03. The van der Waals surface area contributed by atoms with Crippen molar-refractivity contribution in [3.63, 3.8) is 0 Å². The van der Waals surface area contributed by atoms with Crippen molar-refractivity contribution >= 4 is 15.9 Å². The summed E-state index contributed by atoms with van der Waals surface area (Å²) in [5, 5.41) is 3.22. The lowest BCUT2D eigenvalue weighted by atomic mass is 10.1. The van der Waals surface area contributed by atoms with E-state index in [-0.39, 0.29) is 36.1 Å². The Bertz CT molecular complexity index is 1040. The maximum absolute atomic E-state index is 13.7. The highest BCUT2D eigenvalue weighted by atomic mass is 32.2. The van der Waals surface area contributed by atoms with Crippen LogP contribution in [0.25, 0.3) is 0 Å². The molecule has 9 heteroatoms. The monoisotopic (exact) mass is 461 g/mol. The van der Waals surface area contributed by atoms with Crippen LogP contribution < -0.4 is 14.8 Å². The third-order valence-corrected chi connectivity index (χ3v) is 7.34. The van der Waals surface area contributed by atoms with Crippen molar-refractivity contribution in [3.8, 4) is 11.5 Å². The first kappa shape index (κ1) is 24.0. The number of carbonyl (C=O) groups excluding carboxylic acids is 1. The van der Waals surface area contributed by atoms with E-state index in [1.165, 1.54) is 24.6 Å². The topological polar surface area (TPSA) is 88.2 Å². The zero-order valence-corrected chi connectivity index (χ0v) is 19.7. The minimum atomic E-state index is -3.97. The lowest BCUT2D eigenvalue weighted by Gasteiger charge is -2.29. The Balaban J connectivity index is 1.90. The number of benzene rings is 2. The zero-order chi connectivity index (χ0) is 23.1. The molecule has 0 bridgehead atoms. The largest absolute Gasteiger partial charge is 0.497 e. The standard InChI is InChI=1S/C23H31N3O5S/c1-18-5-4-6-19(15-18)17-26(12-9-23(27)25-13-10-24-11-14-25)32(28,29)22-16-20(30-2)7-8-21(22)31-3/h4-8,15-16,24H,9-14,17H2,1-3H3. The van der Waals surface area contributed by atoms with Gasteiger partial charge in [0.2, 0.25) is 15.9 Å². The Morgan fingerprint density at radius 3 is 2.50 bits per heavy atom. The van der Waals surface area contributed by atoms with Gasteiger partial charge in [-0.15, -0.1) is 0 Å². The molecule has 1 aliphatic rings. The fraction of sp³-hybridized carbons (Fsp3) is 0.435. The molecule has 174 valence electrons. The summed E-state index contributed by atoms with van der Waals surface area (Å²) in [6, 6.07) is 12.4. The number of carbonyl (C=O) groups is 1. The van der Waals surface area contributed by atoms with Gasteiger partial charge >= 0.3 is 0 Å². The number of nitrogens with one attached hydrogen (secondary N) is 1. The van der Waals surface area contributed by atoms with Gasteiger partial charge in [-0.2, -0.15) is 4.31 Å². The molecule has 3 rings (SSSR count). The SMILES string of the molecule is COc1ccc(OC)c(S(=O)(=O)N(CCC(=O)N2CCNCC2)Cc2cccc(C)c2)c1. The number of piperazine rings is 1. The van der Waals surface area contributed by atoms with Gasteiger partial charge < -0.3 is 19.7 Å². The van der Waals surface area contributed by atoms with Crippen molar-refractivity contribution in [1.82, 2.24) is 14.5 Å². The molecule has 32 heavy (non-hydrogen) atoms. The molecular weight excluding hydrogens is 430 g/mol. The summed E-state index contributed by atoms with van der Waals surface area (Å²) in [6.07, 6.45) is 0.108. The summed E-state index contributed by atoms with van der Waals surface area (Å²) >= 11 is 0. The van der Waals surface area contributed by atoms with E-state index < -0.39 is 10.0 Å². The Labute approximate surface area is 190 Å². The fourth-order valence-corrected chi connectivity index (χ4v) is 5.32. The molecule has 1 N–H and O–H groups in total. The second-order valence-electron chi connectivity index (χ2n) is 7.73. The number of aryl methyl sites for hydroxylation is 1. The zero-order valence-electron chi connectivity index (χ0n) is 18.8. The van der Waals surface area contributed by atoms with Gasteiger partial charge in [0.1, 0.15) is 16.4 Å². The Hall–Kier alpha value is -2.62. The third-order valence-electron chi connectivity index (χ3n) is 5.47. The first-order chi connectivity index (χ1) is 15.3. The average molecular weight is 462 g/mol. The maximum atomic E-state index is 13.7. The highest BCUT2D eigenvalue weighted by Crippen LogP contribution is 2.31. The van der Waals surface area contributed by atoms with Crippen molar-refractivity contribution in [3.05, 3.63) is 53.6 Å². The van der Waals surface area contributed by atoms with E-state index in [0.29, 0.717) is 18.8 Å². The molecule has 8 nitrogen and oxygen atoms in total. The number of amides is 1. The van der Waals surface area contributed by atoms with Crippen molar-refractivity contribution in [2.24, 2.45) is 0 Å². The molecule has 1 fully saturated rings. The number of ether oxygens (including phenoxy) is 2. The second kappa shape index (κ2) is 10.8. The summed E-state index contributed by atoms with van der Waals surface area (Å²) < 4.78 is 39.3. The van der Waals surface area contributed by atoms with Crippen molar-refractivity contribution in [2.45, 2.75) is 24.8 Å². The molecule has 0 atom stereocenters. The minimum absolute atomic E-state index is 0.0154. The van der Waals surface area contributed by atoms with Gasteiger partial charge in [0.05, 0.1) is 14.2 Å². The van der Waals surface area contributed by atoms with Crippen LogP contribution in [0.2, 0.25) is 0 Å². The van der Waals surface area contributed by atoms with Gasteiger partial charge in [0, 0.05) is 51.8 Å². The van der Waals surface area contributed by atoms with Crippen molar-refractivity contribution in [2.75, 3.05) is 46.9 Å². The van der Waals surface area contributed by atoms with Gasteiger partial charge in [-0.25, -0.2) is 8.42 Å². The molecule has 2 aromatic rings. The molecule has 0 aromatic heterocycles. The van der Waals surface area contributed by atoms with E-state index in [2.05, 4.69) is 5.32 Å². The van der Waals surface area contributed by atoms with Crippen LogP contribution in [-0.4, -0.2) is 70.5 Å². The fourth-order valence-electron chi connectivity index (χ4n) is 3.72. The van der Waals surface area contributed by atoms with Crippen molar-refractivity contribution in [1.29, 1.82) is 0 Å². The lowest BCUT2D eigenvalue weighted by Crippen LogP contribution is -2.47. The van der Waals surface area contributed by atoms with E-state index in [0.717, 1.165) is 24.2 Å². The van der Waals surface area contributed by atoms with Crippen LogP contribution in [-0.2, 0) is 21.4 Å². The molecule has 1 heterocycles. The van der Waals surface area contributed by atoms with E-state index in [1.54, 1.807) is 17.0 Å². The Morgan fingerprint density at radius 1 is 1.09 bits per heavy atom. The highest BCUT2D eigenvalue weighted by molar-refractivity contribution is 7.89. The number of rotatable bonds is 9. The van der Waals surface area contributed by atoms with Crippen LogP contribution in [0.5, 0.6) is 11.5 Å². The summed E-state index contributed by atoms with van der Waals surface area (Å²) in [5.74, 6) is 0.596. The predicted molar refractivity (Wildman–Crippen MR) is 122 cm³/mol.